The average molecular weight is 406 g/mol. The highest BCUT2D eigenvalue weighted by Gasteiger charge is 2.29. The minimum atomic E-state index is -2.99. The van der Waals surface area contributed by atoms with Gasteiger partial charge in [0.1, 0.15) is 0 Å². The first kappa shape index (κ1) is 19.5. The Morgan fingerprint density at radius 2 is 1.19 bits per heavy atom. The Morgan fingerprint density at radius 3 is 1.62 bits per heavy atom. The quantitative estimate of drug-likeness (QED) is 0.489. The summed E-state index contributed by atoms with van der Waals surface area (Å²) in [5.41, 5.74) is 1.71. The monoisotopic (exact) mass is 405 g/mol. The SMILES string of the molecule is O=P(/C=C(\Cl)c1ccccc1)(/C=C(\Cl)c1ccccc1)N1CCCCC1. The van der Waals surface area contributed by atoms with Crippen molar-refractivity contribution in [2.45, 2.75) is 19.3 Å². The number of hydrogen-bond donors (Lipinski definition) is 0. The minimum Gasteiger partial charge on any atom is -0.297 e. The second-order valence-corrected chi connectivity index (χ2v) is 9.61. The van der Waals surface area contributed by atoms with Crippen LogP contribution >= 0.6 is 30.5 Å². The molecule has 1 aliphatic rings. The molecule has 0 atom stereocenters. The number of benzene rings is 2. The van der Waals surface area contributed by atoms with Gasteiger partial charge in [0, 0.05) is 24.7 Å². The van der Waals surface area contributed by atoms with E-state index < -0.39 is 7.29 Å². The molecule has 0 saturated carbocycles. The zero-order chi connectivity index (χ0) is 18.4. The predicted octanol–water partition coefficient (Wildman–Crippen LogP) is 7.23. The molecular weight excluding hydrogens is 384 g/mol. The molecule has 1 heterocycles. The van der Waals surface area contributed by atoms with Crippen molar-refractivity contribution in [3.63, 3.8) is 0 Å². The van der Waals surface area contributed by atoms with Gasteiger partial charge in [-0.2, -0.15) is 0 Å². The van der Waals surface area contributed by atoms with E-state index in [1.54, 1.807) is 11.6 Å². The standard InChI is InChI=1S/C21H22Cl2NOP/c22-20(18-10-4-1-5-11-18)16-26(25,24-14-8-3-9-15-24)17-21(23)19-12-6-2-7-13-19/h1-2,4-7,10-13,16-17H,3,8-9,14-15H2/b20-16-,21-17-. The molecule has 3 rings (SSSR count). The first-order valence-corrected chi connectivity index (χ1v) is 11.4. The smallest absolute Gasteiger partial charge is 0.196 e. The number of piperidine rings is 1. The molecule has 26 heavy (non-hydrogen) atoms. The Bertz CT molecular complexity index is 768. The van der Waals surface area contributed by atoms with Gasteiger partial charge >= 0.3 is 0 Å². The van der Waals surface area contributed by atoms with Gasteiger partial charge in [0.05, 0.1) is 10.1 Å². The summed E-state index contributed by atoms with van der Waals surface area (Å²) >= 11 is 13.1. The first-order valence-electron chi connectivity index (χ1n) is 8.81. The molecule has 1 aliphatic heterocycles. The third kappa shape index (κ3) is 4.90. The second kappa shape index (κ2) is 9.06. The molecule has 0 spiro atoms. The summed E-state index contributed by atoms with van der Waals surface area (Å²) in [4.78, 5) is 0. The molecule has 2 aromatic carbocycles. The molecular formula is C21H22Cl2NOP. The molecule has 5 heteroatoms. The highest BCUT2D eigenvalue weighted by molar-refractivity contribution is 7.68. The van der Waals surface area contributed by atoms with Crippen molar-refractivity contribution in [1.29, 1.82) is 0 Å². The topological polar surface area (TPSA) is 20.3 Å². The largest absolute Gasteiger partial charge is 0.297 e. The van der Waals surface area contributed by atoms with E-state index in [4.69, 9.17) is 23.2 Å². The van der Waals surface area contributed by atoms with Crippen molar-refractivity contribution < 1.29 is 4.57 Å². The van der Waals surface area contributed by atoms with Crippen LogP contribution in [0.15, 0.2) is 72.3 Å². The van der Waals surface area contributed by atoms with Gasteiger partial charge in [-0.1, -0.05) is 90.3 Å². The van der Waals surface area contributed by atoms with Gasteiger partial charge in [-0.15, -0.1) is 0 Å². The van der Waals surface area contributed by atoms with Crippen LogP contribution in [0.2, 0.25) is 0 Å². The van der Waals surface area contributed by atoms with Crippen LogP contribution in [0.25, 0.3) is 10.1 Å². The molecule has 0 aliphatic carbocycles. The molecule has 1 fully saturated rings. The third-order valence-electron chi connectivity index (χ3n) is 4.47. The van der Waals surface area contributed by atoms with Gasteiger partial charge in [0.25, 0.3) is 0 Å². The van der Waals surface area contributed by atoms with Crippen LogP contribution in [0, 0.1) is 0 Å². The molecule has 0 bridgehead atoms. The van der Waals surface area contributed by atoms with Gasteiger partial charge in [-0.25, -0.2) is 4.67 Å². The maximum atomic E-state index is 13.9. The van der Waals surface area contributed by atoms with Crippen molar-refractivity contribution in [2.75, 3.05) is 13.1 Å². The van der Waals surface area contributed by atoms with E-state index in [0.29, 0.717) is 10.1 Å². The van der Waals surface area contributed by atoms with E-state index >= 15 is 0 Å². The minimum absolute atomic E-state index is 0.494. The van der Waals surface area contributed by atoms with Crippen LogP contribution in [0.1, 0.15) is 30.4 Å². The summed E-state index contributed by atoms with van der Waals surface area (Å²) in [6.45, 7) is 1.59. The molecule has 0 amide bonds. The van der Waals surface area contributed by atoms with Crippen molar-refractivity contribution in [1.82, 2.24) is 4.67 Å². The van der Waals surface area contributed by atoms with Gasteiger partial charge in [0.2, 0.25) is 0 Å². The molecule has 0 aromatic heterocycles. The predicted molar refractivity (Wildman–Crippen MR) is 114 cm³/mol. The molecule has 0 unspecified atom stereocenters. The van der Waals surface area contributed by atoms with Crippen LogP contribution in [-0.4, -0.2) is 17.8 Å². The van der Waals surface area contributed by atoms with Crippen LogP contribution < -0.4 is 0 Å². The van der Waals surface area contributed by atoms with E-state index in [1.807, 2.05) is 65.3 Å². The third-order valence-corrected chi connectivity index (χ3v) is 7.97. The summed E-state index contributed by atoms with van der Waals surface area (Å²) < 4.78 is 16.0. The van der Waals surface area contributed by atoms with E-state index in [1.165, 1.54) is 6.42 Å². The van der Waals surface area contributed by atoms with Crippen LogP contribution in [0.3, 0.4) is 0 Å². The summed E-state index contributed by atoms with van der Waals surface area (Å²) in [7, 11) is -2.99. The maximum absolute atomic E-state index is 13.9. The fraction of sp³-hybridized carbons (Fsp3) is 0.238. The van der Waals surface area contributed by atoms with Gasteiger partial charge < -0.3 is 0 Å². The second-order valence-electron chi connectivity index (χ2n) is 6.37. The van der Waals surface area contributed by atoms with E-state index in [2.05, 4.69) is 0 Å². The van der Waals surface area contributed by atoms with E-state index in [9.17, 15) is 4.57 Å². The Morgan fingerprint density at radius 1 is 0.769 bits per heavy atom. The summed E-state index contributed by atoms with van der Waals surface area (Å²) in [6, 6.07) is 19.2. The van der Waals surface area contributed by atoms with Crippen molar-refractivity contribution in [3.8, 4) is 0 Å². The Hall–Kier alpha value is -1.31. The van der Waals surface area contributed by atoms with Gasteiger partial charge in [0.15, 0.2) is 7.29 Å². The number of rotatable bonds is 5. The van der Waals surface area contributed by atoms with E-state index in [0.717, 1.165) is 37.1 Å². The van der Waals surface area contributed by atoms with Crippen molar-refractivity contribution in [2.24, 2.45) is 0 Å². The van der Waals surface area contributed by atoms with Crippen LogP contribution in [0.5, 0.6) is 0 Å². The van der Waals surface area contributed by atoms with Crippen molar-refractivity contribution >= 4 is 40.6 Å². The normalized spacial score (nSPS) is 17.3. The molecule has 0 N–H and O–H groups in total. The molecule has 2 nitrogen and oxygen atoms in total. The lowest BCUT2D eigenvalue weighted by atomic mass is 10.2. The average Bonchev–Trinajstić information content (AvgIpc) is 2.70. The summed E-state index contributed by atoms with van der Waals surface area (Å²) in [6.07, 6.45) is 3.25. The van der Waals surface area contributed by atoms with Crippen molar-refractivity contribution in [3.05, 3.63) is 83.4 Å². The zero-order valence-corrected chi connectivity index (χ0v) is 16.9. The molecule has 0 radical (unpaired) electrons. The number of hydrogen-bond acceptors (Lipinski definition) is 1. The number of nitrogens with zero attached hydrogens (tertiary/aromatic N) is 1. The lowest BCUT2D eigenvalue weighted by Gasteiger charge is -2.31. The zero-order valence-electron chi connectivity index (χ0n) is 14.5. The summed E-state index contributed by atoms with van der Waals surface area (Å²) in [5.74, 6) is 3.39. The van der Waals surface area contributed by atoms with Gasteiger partial charge in [-0.3, -0.25) is 4.57 Å². The molecule has 2 aromatic rings. The Balaban J connectivity index is 2.01. The Kier molecular flexibility index (Phi) is 6.78. The highest BCUT2D eigenvalue weighted by Crippen LogP contribution is 2.57. The Labute approximate surface area is 165 Å². The lowest BCUT2D eigenvalue weighted by molar-refractivity contribution is 0.352. The fourth-order valence-electron chi connectivity index (χ4n) is 3.06. The molecule has 136 valence electrons. The highest BCUT2D eigenvalue weighted by atomic mass is 35.5. The van der Waals surface area contributed by atoms with Crippen LogP contribution in [-0.2, 0) is 4.57 Å². The fourth-order valence-corrected chi connectivity index (χ4v) is 6.41. The van der Waals surface area contributed by atoms with E-state index in [-0.39, 0.29) is 0 Å². The maximum Gasteiger partial charge on any atom is 0.196 e. The van der Waals surface area contributed by atoms with Gasteiger partial charge in [-0.05, 0) is 24.0 Å². The first-order chi connectivity index (χ1) is 12.6. The van der Waals surface area contributed by atoms with Crippen LogP contribution in [0.4, 0.5) is 0 Å². The lowest BCUT2D eigenvalue weighted by Crippen LogP contribution is -2.25. The number of halogens is 2. The molecule has 1 saturated heterocycles. The summed E-state index contributed by atoms with van der Waals surface area (Å²) in [5, 5.41) is 0.988.